The van der Waals surface area contributed by atoms with Crippen molar-refractivity contribution in [3.8, 4) is 11.1 Å². The van der Waals surface area contributed by atoms with E-state index in [0.717, 1.165) is 22.0 Å². The third kappa shape index (κ3) is 4.10. The summed E-state index contributed by atoms with van der Waals surface area (Å²) < 4.78 is 20.8. The quantitative estimate of drug-likeness (QED) is 0.379. The molecule has 5 aromatic rings. The lowest BCUT2D eigenvalue weighted by atomic mass is 10.0. The van der Waals surface area contributed by atoms with Crippen molar-refractivity contribution >= 4 is 28.3 Å². The van der Waals surface area contributed by atoms with Gasteiger partial charge in [0.1, 0.15) is 23.6 Å². The number of esters is 1. The van der Waals surface area contributed by atoms with Crippen LogP contribution in [0.1, 0.15) is 23.0 Å². The number of hydrogen-bond donors (Lipinski definition) is 1. The van der Waals surface area contributed by atoms with E-state index >= 15 is 0 Å². The van der Waals surface area contributed by atoms with Crippen LogP contribution in [0, 0.1) is 5.82 Å². The molecular formula is C25H20FN5O2. The van der Waals surface area contributed by atoms with Crippen LogP contribution in [-0.4, -0.2) is 31.9 Å². The van der Waals surface area contributed by atoms with Crippen molar-refractivity contribution in [1.82, 2.24) is 19.4 Å². The van der Waals surface area contributed by atoms with E-state index in [1.54, 1.807) is 35.7 Å². The normalized spacial score (nSPS) is 11.1. The Balaban J connectivity index is 1.48. The molecule has 0 saturated heterocycles. The summed E-state index contributed by atoms with van der Waals surface area (Å²) >= 11 is 0. The zero-order valence-electron chi connectivity index (χ0n) is 17.8. The topological polar surface area (TPSA) is 81.4 Å². The lowest BCUT2D eigenvalue weighted by Gasteiger charge is -2.10. The van der Waals surface area contributed by atoms with Gasteiger partial charge in [-0.3, -0.25) is 0 Å². The Kier molecular flexibility index (Phi) is 5.40. The fourth-order valence-electron chi connectivity index (χ4n) is 3.66. The van der Waals surface area contributed by atoms with E-state index in [2.05, 4.69) is 20.3 Å². The van der Waals surface area contributed by atoms with Crippen LogP contribution in [0.15, 0.2) is 73.3 Å². The Morgan fingerprint density at radius 2 is 1.91 bits per heavy atom. The maximum atomic E-state index is 14.0. The predicted octanol–water partition coefficient (Wildman–Crippen LogP) is 4.87. The van der Waals surface area contributed by atoms with E-state index in [-0.39, 0.29) is 11.5 Å². The first-order valence-corrected chi connectivity index (χ1v) is 10.5. The minimum atomic E-state index is -0.448. The summed E-state index contributed by atoms with van der Waals surface area (Å²) in [5, 5.41) is 4.05. The Morgan fingerprint density at radius 3 is 2.76 bits per heavy atom. The van der Waals surface area contributed by atoms with Gasteiger partial charge in [0.2, 0.25) is 0 Å². The smallest absolute Gasteiger partial charge is 0.358 e. The Bertz CT molecular complexity index is 1480. The monoisotopic (exact) mass is 441 g/mol. The van der Waals surface area contributed by atoms with Gasteiger partial charge in [0.05, 0.1) is 12.1 Å². The molecule has 0 radical (unpaired) electrons. The first-order chi connectivity index (χ1) is 16.1. The lowest BCUT2D eigenvalue weighted by Crippen LogP contribution is -2.04. The molecule has 5 rings (SSSR count). The van der Waals surface area contributed by atoms with Crippen LogP contribution in [0.5, 0.6) is 0 Å². The predicted molar refractivity (Wildman–Crippen MR) is 123 cm³/mol. The molecule has 0 aliphatic rings. The Hall–Kier alpha value is -4.33. The van der Waals surface area contributed by atoms with Gasteiger partial charge in [-0.25, -0.2) is 24.1 Å². The van der Waals surface area contributed by atoms with Crippen LogP contribution >= 0.6 is 0 Å². The second-order valence-corrected chi connectivity index (χ2v) is 7.43. The molecule has 0 saturated carbocycles. The SMILES string of the molecule is CCOC(=O)c1cn2cc(-c3ccc4ncnc(NCc5ccccc5F)c4c3)ccc2n1. The van der Waals surface area contributed by atoms with E-state index in [0.29, 0.717) is 30.2 Å². The molecule has 0 unspecified atom stereocenters. The number of pyridine rings is 1. The van der Waals surface area contributed by atoms with E-state index in [9.17, 15) is 9.18 Å². The molecule has 0 atom stereocenters. The molecule has 2 aromatic carbocycles. The highest BCUT2D eigenvalue weighted by Gasteiger charge is 2.13. The van der Waals surface area contributed by atoms with Crippen molar-refractivity contribution in [2.24, 2.45) is 0 Å². The number of nitrogens with zero attached hydrogens (tertiary/aromatic N) is 4. The maximum Gasteiger partial charge on any atom is 0.358 e. The number of nitrogens with one attached hydrogen (secondary N) is 1. The van der Waals surface area contributed by atoms with Crippen LogP contribution < -0.4 is 5.32 Å². The minimum Gasteiger partial charge on any atom is -0.461 e. The van der Waals surface area contributed by atoms with Crippen molar-refractivity contribution in [3.63, 3.8) is 0 Å². The van der Waals surface area contributed by atoms with Gasteiger partial charge in [-0.15, -0.1) is 0 Å². The molecule has 0 spiro atoms. The molecule has 164 valence electrons. The van der Waals surface area contributed by atoms with Gasteiger partial charge >= 0.3 is 5.97 Å². The number of carbonyl (C=O) groups is 1. The zero-order chi connectivity index (χ0) is 22.8. The van der Waals surface area contributed by atoms with E-state index in [4.69, 9.17) is 4.74 Å². The second-order valence-electron chi connectivity index (χ2n) is 7.43. The summed E-state index contributed by atoms with van der Waals surface area (Å²) in [6.45, 7) is 2.36. The largest absolute Gasteiger partial charge is 0.461 e. The number of halogens is 1. The number of imidazole rings is 1. The number of ether oxygens (including phenoxy) is 1. The van der Waals surface area contributed by atoms with E-state index in [1.165, 1.54) is 12.4 Å². The molecule has 0 bridgehead atoms. The van der Waals surface area contributed by atoms with Crippen LogP contribution in [0.4, 0.5) is 10.2 Å². The van der Waals surface area contributed by atoms with Crippen LogP contribution in [0.2, 0.25) is 0 Å². The third-order valence-corrected chi connectivity index (χ3v) is 5.31. The second kappa shape index (κ2) is 8.66. The van der Waals surface area contributed by atoms with Gasteiger partial charge in [0.25, 0.3) is 0 Å². The summed E-state index contributed by atoms with van der Waals surface area (Å²) in [4.78, 5) is 25.0. The molecule has 0 fully saturated rings. The number of aromatic nitrogens is 4. The van der Waals surface area contributed by atoms with Gasteiger partial charge in [-0.1, -0.05) is 24.3 Å². The number of fused-ring (bicyclic) bond motifs is 2. The zero-order valence-corrected chi connectivity index (χ0v) is 17.8. The maximum absolute atomic E-state index is 14.0. The Morgan fingerprint density at radius 1 is 1.06 bits per heavy atom. The first-order valence-electron chi connectivity index (χ1n) is 10.5. The van der Waals surface area contributed by atoms with Crippen LogP contribution in [0.25, 0.3) is 27.7 Å². The van der Waals surface area contributed by atoms with Gasteiger partial charge in [-0.05, 0) is 48.4 Å². The molecular weight excluding hydrogens is 421 g/mol. The molecule has 1 N–H and O–H groups in total. The van der Waals surface area contributed by atoms with Gasteiger partial charge in [-0.2, -0.15) is 0 Å². The summed E-state index contributed by atoms with van der Waals surface area (Å²) in [6, 6.07) is 16.3. The van der Waals surface area contributed by atoms with Gasteiger partial charge in [0, 0.05) is 29.9 Å². The molecule has 0 aliphatic carbocycles. The van der Waals surface area contributed by atoms with E-state index < -0.39 is 5.97 Å². The summed E-state index contributed by atoms with van der Waals surface area (Å²) in [6.07, 6.45) is 5.05. The molecule has 7 nitrogen and oxygen atoms in total. The van der Waals surface area contributed by atoms with Gasteiger partial charge in [0.15, 0.2) is 5.69 Å². The van der Waals surface area contributed by atoms with Gasteiger partial charge < -0.3 is 14.5 Å². The summed E-state index contributed by atoms with van der Waals surface area (Å²) in [5.74, 6) is -0.0885. The molecule has 0 aliphatic heterocycles. The minimum absolute atomic E-state index is 0.264. The summed E-state index contributed by atoms with van der Waals surface area (Å²) in [7, 11) is 0. The highest BCUT2D eigenvalue weighted by molar-refractivity contribution is 5.92. The standard InChI is InChI=1S/C25H20FN5O2/c1-2-33-25(32)22-14-31-13-18(8-10-23(31)30-22)16-7-9-21-19(11-16)24(29-15-28-21)27-12-17-5-3-4-6-20(17)26/h3-11,13-15H,2,12H2,1H3,(H,27,28,29). The van der Waals surface area contributed by atoms with Crippen LogP contribution in [-0.2, 0) is 11.3 Å². The van der Waals surface area contributed by atoms with Crippen molar-refractivity contribution in [2.45, 2.75) is 13.5 Å². The van der Waals surface area contributed by atoms with Crippen molar-refractivity contribution in [2.75, 3.05) is 11.9 Å². The number of hydrogen-bond acceptors (Lipinski definition) is 6. The average molecular weight is 441 g/mol. The van der Waals surface area contributed by atoms with Crippen molar-refractivity contribution in [1.29, 1.82) is 0 Å². The number of anilines is 1. The fraction of sp³-hybridized carbons (Fsp3) is 0.120. The van der Waals surface area contributed by atoms with Crippen molar-refractivity contribution in [3.05, 3.63) is 90.4 Å². The first kappa shape index (κ1) is 20.6. The molecule has 8 heteroatoms. The number of benzene rings is 2. The molecule has 33 heavy (non-hydrogen) atoms. The van der Waals surface area contributed by atoms with Crippen LogP contribution in [0.3, 0.4) is 0 Å². The molecule has 3 heterocycles. The summed E-state index contributed by atoms with van der Waals surface area (Å²) in [5.41, 5.74) is 4.13. The number of carbonyl (C=O) groups excluding carboxylic acids is 1. The van der Waals surface area contributed by atoms with Crippen molar-refractivity contribution < 1.29 is 13.9 Å². The Labute approximate surface area is 188 Å². The molecule has 0 amide bonds. The highest BCUT2D eigenvalue weighted by Crippen LogP contribution is 2.28. The highest BCUT2D eigenvalue weighted by atomic mass is 19.1. The lowest BCUT2D eigenvalue weighted by molar-refractivity contribution is 0.0520. The third-order valence-electron chi connectivity index (χ3n) is 5.31. The fourth-order valence-corrected chi connectivity index (χ4v) is 3.66. The molecule has 3 aromatic heterocycles. The van der Waals surface area contributed by atoms with E-state index in [1.807, 2.05) is 36.5 Å². The average Bonchev–Trinajstić information content (AvgIpc) is 3.27. The number of rotatable bonds is 6.